The molecule has 8 aromatic carbocycles. The van der Waals surface area contributed by atoms with E-state index in [1.807, 2.05) is 12.1 Å². The molecule has 0 bridgehead atoms. The fourth-order valence-corrected chi connectivity index (χ4v) is 8.01. The summed E-state index contributed by atoms with van der Waals surface area (Å²) in [6.07, 6.45) is 0. The zero-order valence-corrected chi connectivity index (χ0v) is 26.3. The van der Waals surface area contributed by atoms with Crippen molar-refractivity contribution < 1.29 is 4.42 Å². The molecule has 1 aromatic heterocycles. The Balaban J connectivity index is 1.22. The molecule has 0 radical (unpaired) electrons. The van der Waals surface area contributed by atoms with Crippen LogP contribution in [0.3, 0.4) is 0 Å². The third-order valence-electron chi connectivity index (χ3n) is 10.4. The zero-order chi connectivity index (χ0) is 31.3. The van der Waals surface area contributed by atoms with Crippen molar-refractivity contribution >= 4 is 71.3 Å². The molecule has 1 heterocycles. The molecule has 0 saturated carbocycles. The highest BCUT2D eigenvalue weighted by molar-refractivity contribution is 6.16. The topological polar surface area (TPSA) is 16.4 Å². The molecule has 1 aliphatic carbocycles. The van der Waals surface area contributed by atoms with E-state index in [0.717, 1.165) is 39.0 Å². The van der Waals surface area contributed by atoms with Crippen LogP contribution in [-0.4, -0.2) is 0 Å². The molecule has 1 aliphatic rings. The van der Waals surface area contributed by atoms with Crippen molar-refractivity contribution in [3.63, 3.8) is 0 Å². The first kappa shape index (κ1) is 26.4. The van der Waals surface area contributed by atoms with Gasteiger partial charge in [-0.2, -0.15) is 0 Å². The Morgan fingerprint density at radius 3 is 1.96 bits per heavy atom. The van der Waals surface area contributed by atoms with E-state index >= 15 is 0 Å². The Kier molecular flexibility index (Phi) is 5.37. The molecule has 2 nitrogen and oxygen atoms in total. The van der Waals surface area contributed by atoms with Gasteiger partial charge in [0, 0.05) is 33.2 Å². The molecule has 9 aromatic rings. The predicted molar refractivity (Wildman–Crippen MR) is 198 cm³/mol. The number of hydrogen-bond acceptors (Lipinski definition) is 2. The van der Waals surface area contributed by atoms with Crippen LogP contribution in [0.1, 0.15) is 25.0 Å². The molecule has 0 spiro atoms. The van der Waals surface area contributed by atoms with E-state index in [1.54, 1.807) is 0 Å². The van der Waals surface area contributed by atoms with Crippen LogP contribution >= 0.6 is 0 Å². The van der Waals surface area contributed by atoms with Crippen molar-refractivity contribution in [1.29, 1.82) is 0 Å². The molecule has 2 heteroatoms. The highest BCUT2D eigenvalue weighted by Gasteiger charge is 2.35. The standard InChI is InChI=1S/C45H31NO/c1-45(2)41-13-7-5-11-35(41)39-26-34(21-22-42(39)45)46(32-19-17-28-9-3-4-10-30(28)23-32)33-20-18-29-15-16-31-24-40-36-12-6-8-14-43(36)47-44(40)27-38(31)37(29)25-33/h3-27H,1-2H3. The van der Waals surface area contributed by atoms with E-state index in [4.69, 9.17) is 4.42 Å². The summed E-state index contributed by atoms with van der Waals surface area (Å²) in [4.78, 5) is 2.42. The van der Waals surface area contributed by atoms with Gasteiger partial charge in [0.15, 0.2) is 0 Å². The van der Waals surface area contributed by atoms with E-state index in [9.17, 15) is 0 Å². The van der Waals surface area contributed by atoms with Crippen LogP contribution in [0.5, 0.6) is 0 Å². The van der Waals surface area contributed by atoms with Gasteiger partial charge in [0.25, 0.3) is 0 Å². The summed E-state index contributed by atoms with van der Waals surface area (Å²) in [5.74, 6) is 0. The van der Waals surface area contributed by atoms with Crippen LogP contribution in [0.15, 0.2) is 156 Å². The molecular formula is C45H31NO. The summed E-state index contributed by atoms with van der Waals surface area (Å²) in [6, 6.07) is 55.5. The average molecular weight is 602 g/mol. The first-order valence-electron chi connectivity index (χ1n) is 16.3. The number of rotatable bonds is 3. The van der Waals surface area contributed by atoms with Gasteiger partial charge in [0.1, 0.15) is 11.2 Å². The van der Waals surface area contributed by atoms with Gasteiger partial charge >= 0.3 is 0 Å². The van der Waals surface area contributed by atoms with E-state index in [1.165, 1.54) is 54.6 Å². The largest absolute Gasteiger partial charge is 0.456 e. The summed E-state index contributed by atoms with van der Waals surface area (Å²) in [7, 11) is 0. The molecule has 0 N–H and O–H groups in total. The number of para-hydroxylation sites is 1. The Labute approximate surface area is 273 Å². The lowest BCUT2D eigenvalue weighted by atomic mass is 9.82. The molecule has 0 amide bonds. The lowest BCUT2D eigenvalue weighted by Gasteiger charge is -2.28. The molecule has 0 unspecified atom stereocenters. The summed E-state index contributed by atoms with van der Waals surface area (Å²) in [6.45, 7) is 4.68. The number of hydrogen-bond donors (Lipinski definition) is 0. The first-order chi connectivity index (χ1) is 23.0. The van der Waals surface area contributed by atoms with Crippen LogP contribution < -0.4 is 4.90 Å². The maximum atomic E-state index is 6.34. The number of anilines is 3. The summed E-state index contributed by atoms with van der Waals surface area (Å²) < 4.78 is 6.34. The average Bonchev–Trinajstić information content (AvgIpc) is 3.58. The molecule has 0 aliphatic heterocycles. The SMILES string of the molecule is CC1(C)c2ccccc2-c2cc(N(c3ccc4ccccc4c3)c3ccc4ccc5cc6c(cc5c4c3)oc3ccccc36)ccc21. The van der Waals surface area contributed by atoms with Crippen LogP contribution in [0.4, 0.5) is 17.1 Å². The van der Waals surface area contributed by atoms with Crippen molar-refractivity contribution in [3.05, 3.63) is 163 Å². The quantitative estimate of drug-likeness (QED) is 0.187. The predicted octanol–water partition coefficient (Wildman–Crippen LogP) is 12.8. The first-order valence-corrected chi connectivity index (χ1v) is 16.3. The van der Waals surface area contributed by atoms with E-state index in [-0.39, 0.29) is 5.41 Å². The normalized spacial score (nSPS) is 13.5. The third kappa shape index (κ3) is 3.85. The summed E-state index contributed by atoms with van der Waals surface area (Å²) >= 11 is 0. The Bertz CT molecular complexity index is 2730. The molecule has 10 rings (SSSR count). The number of fused-ring (bicyclic) bond motifs is 10. The minimum absolute atomic E-state index is 0.0396. The Hall–Kier alpha value is -5.86. The van der Waals surface area contributed by atoms with E-state index in [0.29, 0.717) is 0 Å². The van der Waals surface area contributed by atoms with Crippen molar-refractivity contribution in [1.82, 2.24) is 0 Å². The summed E-state index contributed by atoms with van der Waals surface area (Å²) in [5, 5.41) is 9.59. The number of benzene rings is 8. The lowest BCUT2D eigenvalue weighted by Crippen LogP contribution is -2.15. The molecule has 0 atom stereocenters. The molecule has 0 saturated heterocycles. The van der Waals surface area contributed by atoms with Gasteiger partial charge in [-0.05, 0) is 109 Å². The Morgan fingerprint density at radius 2 is 1.04 bits per heavy atom. The monoisotopic (exact) mass is 601 g/mol. The molecule has 47 heavy (non-hydrogen) atoms. The fraction of sp³-hybridized carbons (Fsp3) is 0.0667. The second kappa shape index (κ2) is 9.57. The third-order valence-corrected chi connectivity index (χ3v) is 10.4. The fourth-order valence-electron chi connectivity index (χ4n) is 8.01. The highest BCUT2D eigenvalue weighted by atomic mass is 16.3. The minimum Gasteiger partial charge on any atom is -0.456 e. The van der Waals surface area contributed by atoms with Crippen molar-refractivity contribution in [2.75, 3.05) is 4.90 Å². The van der Waals surface area contributed by atoms with Crippen LogP contribution in [-0.2, 0) is 5.41 Å². The molecule has 0 fully saturated rings. The summed E-state index contributed by atoms with van der Waals surface area (Å²) in [5.41, 5.74) is 10.6. The highest BCUT2D eigenvalue weighted by Crippen LogP contribution is 2.51. The smallest absolute Gasteiger partial charge is 0.136 e. The van der Waals surface area contributed by atoms with Crippen molar-refractivity contribution in [2.45, 2.75) is 19.3 Å². The van der Waals surface area contributed by atoms with Crippen molar-refractivity contribution in [3.8, 4) is 11.1 Å². The number of furan rings is 1. The van der Waals surface area contributed by atoms with E-state index < -0.39 is 0 Å². The molecular weight excluding hydrogens is 571 g/mol. The van der Waals surface area contributed by atoms with Gasteiger partial charge < -0.3 is 9.32 Å². The number of nitrogens with zero attached hydrogens (tertiary/aromatic N) is 1. The molecule has 222 valence electrons. The maximum Gasteiger partial charge on any atom is 0.136 e. The van der Waals surface area contributed by atoms with Gasteiger partial charge in [0.2, 0.25) is 0 Å². The van der Waals surface area contributed by atoms with Crippen LogP contribution in [0, 0.1) is 0 Å². The lowest BCUT2D eigenvalue weighted by molar-refractivity contribution is 0.660. The van der Waals surface area contributed by atoms with Crippen LogP contribution in [0.2, 0.25) is 0 Å². The second-order valence-corrected chi connectivity index (χ2v) is 13.4. The van der Waals surface area contributed by atoms with Gasteiger partial charge in [0.05, 0.1) is 0 Å². The maximum absolute atomic E-state index is 6.34. The van der Waals surface area contributed by atoms with Crippen molar-refractivity contribution in [2.24, 2.45) is 0 Å². The van der Waals surface area contributed by atoms with Gasteiger partial charge in [-0.25, -0.2) is 0 Å². The van der Waals surface area contributed by atoms with Gasteiger partial charge in [-0.15, -0.1) is 0 Å². The van der Waals surface area contributed by atoms with E-state index in [2.05, 4.69) is 158 Å². The zero-order valence-electron chi connectivity index (χ0n) is 26.3. The van der Waals surface area contributed by atoms with Crippen LogP contribution in [0.25, 0.3) is 65.4 Å². The minimum atomic E-state index is -0.0396. The van der Waals surface area contributed by atoms with Gasteiger partial charge in [-0.1, -0.05) is 111 Å². The Morgan fingerprint density at radius 1 is 0.404 bits per heavy atom. The van der Waals surface area contributed by atoms with Gasteiger partial charge in [-0.3, -0.25) is 0 Å². The second-order valence-electron chi connectivity index (χ2n) is 13.4.